The highest BCUT2D eigenvalue weighted by molar-refractivity contribution is 6.03. The van der Waals surface area contributed by atoms with Crippen molar-refractivity contribution < 1.29 is 37.0 Å². The Morgan fingerprint density at radius 1 is 0.897 bits per heavy atom. The zero-order valence-electron chi connectivity index (χ0n) is 16.6. The summed E-state index contributed by atoms with van der Waals surface area (Å²) >= 11 is 0. The molecule has 0 aromatic heterocycles. The smallest absolute Gasteiger partial charge is 0.465 e. The highest BCUT2D eigenvalue weighted by Gasteiger charge is 2.31. The number of alkyl halides is 3. The largest absolute Gasteiger partial charge is 0.573 e. The van der Waals surface area contributed by atoms with Gasteiger partial charge in [-0.15, -0.1) is 13.2 Å². The van der Waals surface area contributed by atoms with E-state index >= 15 is 0 Å². The van der Waals surface area contributed by atoms with Crippen LogP contribution in [0.15, 0.2) is 48.5 Å². The molecule has 0 amide bonds. The molecular weight excluding hydrogens is 389 g/mol. The number of esters is 1. The van der Waals surface area contributed by atoms with Gasteiger partial charge in [0.2, 0.25) is 0 Å². The summed E-state index contributed by atoms with van der Waals surface area (Å²) in [6.07, 6.45) is -4.76. The summed E-state index contributed by atoms with van der Waals surface area (Å²) < 4.78 is 50.6. The number of Topliss-reactive ketones (excluding diaryl/α,β-unsaturated/α-hetero) is 1. The Balaban J connectivity index is 0.00000204. The Kier molecular flexibility index (Phi) is 9.18. The van der Waals surface area contributed by atoms with E-state index < -0.39 is 18.2 Å². The summed E-state index contributed by atoms with van der Waals surface area (Å²) in [5.41, 5.74) is 0.460. The Hall–Kier alpha value is -3.03. The number of halogens is 3. The summed E-state index contributed by atoms with van der Waals surface area (Å²) in [6, 6.07) is 11.1. The average molecular weight is 412 g/mol. The van der Waals surface area contributed by atoms with Crippen LogP contribution in [0.5, 0.6) is 17.2 Å². The Morgan fingerprint density at radius 2 is 1.34 bits per heavy atom. The van der Waals surface area contributed by atoms with Crippen molar-refractivity contribution >= 4 is 11.8 Å². The van der Waals surface area contributed by atoms with Crippen molar-refractivity contribution in [3.05, 3.63) is 54.1 Å². The average Bonchev–Trinajstić information content (AvgIpc) is 2.65. The quantitative estimate of drug-likeness (QED) is 0.435. The summed E-state index contributed by atoms with van der Waals surface area (Å²) in [4.78, 5) is 23.7. The number of ketones is 1. The Morgan fingerprint density at radius 3 is 1.76 bits per heavy atom. The van der Waals surface area contributed by atoms with E-state index in [1.54, 1.807) is 31.2 Å². The molecule has 158 valence electrons. The highest BCUT2D eigenvalue weighted by Crippen LogP contribution is 2.28. The maximum absolute atomic E-state index is 12.1. The van der Waals surface area contributed by atoms with Crippen LogP contribution in [-0.2, 0) is 14.3 Å². The van der Waals surface area contributed by atoms with Gasteiger partial charge >= 0.3 is 12.3 Å². The zero-order valence-corrected chi connectivity index (χ0v) is 16.6. The molecule has 1 unspecified atom stereocenters. The lowest BCUT2D eigenvalue weighted by Crippen LogP contribution is -2.22. The molecule has 0 aliphatic rings. The molecule has 8 heteroatoms. The van der Waals surface area contributed by atoms with Crippen molar-refractivity contribution in [1.82, 2.24) is 0 Å². The second kappa shape index (κ2) is 11.1. The van der Waals surface area contributed by atoms with Crippen molar-refractivity contribution in [3.63, 3.8) is 0 Å². The minimum atomic E-state index is -4.76. The molecule has 5 nitrogen and oxygen atoms in total. The van der Waals surface area contributed by atoms with Crippen molar-refractivity contribution in [2.75, 3.05) is 6.61 Å². The molecule has 2 aromatic carbocycles. The second-order valence-corrected chi connectivity index (χ2v) is 5.49. The molecule has 1 atom stereocenters. The Bertz CT molecular complexity index is 783. The third-order valence-corrected chi connectivity index (χ3v) is 3.44. The number of carbonyl (C=O) groups is 2. The number of ether oxygens (including phenoxy) is 3. The van der Waals surface area contributed by atoms with Gasteiger partial charge in [-0.25, -0.2) is 0 Å². The fourth-order valence-electron chi connectivity index (χ4n) is 2.34. The van der Waals surface area contributed by atoms with E-state index in [2.05, 4.69) is 4.74 Å². The lowest BCUT2D eigenvalue weighted by atomic mass is 9.95. The molecule has 0 saturated heterocycles. The second-order valence-electron chi connectivity index (χ2n) is 5.49. The number of hydrogen-bond donors (Lipinski definition) is 0. The molecule has 0 spiro atoms. The van der Waals surface area contributed by atoms with Crippen molar-refractivity contribution in [1.29, 1.82) is 0 Å². The van der Waals surface area contributed by atoms with Gasteiger partial charge in [0, 0.05) is 0 Å². The van der Waals surface area contributed by atoms with Gasteiger partial charge < -0.3 is 14.2 Å². The third kappa shape index (κ3) is 7.85. The molecule has 0 bridgehead atoms. The van der Waals surface area contributed by atoms with Crippen LogP contribution in [0.1, 0.15) is 39.2 Å². The summed E-state index contributed by atoms with van der Waals surface area (Å²) in [6.45, 7) is 7.12. The highest BCUT2D eigenvalue weighted by atomic mass is 19.4. The van der Waals surface area contributed by atoms with Gasteiger partial charge in [0.25, 0.3) is 0 Å². The van der Waals surface area contributed by atoms with Crippen molar-refractivity contribution in [2.24, 2.45) is 0 Å². The lowest BCUT2D eigenvalue weighted by Gasteiger charge is -2.14. The van der Waals surface area contributed by atoms with E-state index in [4.69, 9.17) is 9.47 Å². The number of carbonyl (C=O) groups excluding carboxylic acids is 2. The van der Waals surface area contributed by atoms with E-state index in [1.165, 1.54) is 19.1 Å². The standard InChI is InChI=1S/C19H17F3O5.C2H6/c1-3-25-18(24)17(12(2)23)13-4-6-14(7-5-13)26-15-8-10-16(11-9-15)27-19(20,21)22;1-2/h4-11,17H,3H2,1-2H3;1-2H3. The molecule has 2 aromatic rings. The first-order valence-electron chi connectivity index (χ1n) is 9.00. The molecule has 0 heterocycles. The molecule has 2 rings (SSSR count). The van der Waals surface area contributed by atoms with Gasteiger partial charge in [0.15, 0.2) is 0 Å². The molecule has 0 radical (unpaired) electrons. The fourth-order valence-corrected chi connectivity index (χ4v) is 2.34. The molecule has 0 fully saturated rings. The molecule has 29 heavy (non-hydrogen) atoms. The SMILES string of the molecule is CC.CCOC(=O)C(C(C)=O)c1ccc(Oc2ccc(OC(F)(F)F)cc2)cc1. The number of rotatable bonds is 7. The lowest BCUT2D eigenvalue weighted by molar-refractivity contribution is -0.274. The predicted molar refractivity (Wildman–Crippen MR) is 101 cm³/mol. The Labute approximate surface area is 167 Å². The summed E-state index contributed by atoms with van der Waals surface area (Å²) in [7, 11) is 0. The van der Waals surface area contributed by atoms with Crippen molar-refractivity contribution in [2.45, 2.75) is 40.0 Å². The maximum atomic E-state index is 12.1. The van der Waals surface area contributed by atoms with Crippen LogP contribution in [0, 0.1) is 0 Å². The van der Waals surface area contributed by atoms with Crippen molar-refractivity contribution in [3.8, 4) is 17.2 Å². The van der Waals surface area contributed by atoms with Gasteiger partial charge in [-0.1, -0.05) is 26.0 Å². The zero-order chi connectivity index (χ0) is 22.0. The summed E-state index contributed by atoms with van der Waals surface area (Å²) in [5.74, 6) is -1.66. The number of hydrogen-bond acceptors (Lipinski definition) is 5. The summed E-state index contributed by atoms with van der Waals surface area (Å²) in [5, 5.41) is 0. The van der Waals surface area contributed by atoms with Crippen LogP contribution in [0.25, 0.3) is 0 Å². The first-order chi connectivity index (χ1) is 13.7. The minimum absolute atomic E-state index is 0.165. The van der Waals surface area contributed by atoms with Gasteiger partial charge in [0.1, 0.15) is 28.9 Å². The van der Waals surface area contributed by atoms with Gasteiger partial charge in [-0.05, 0) is 55.8 Å². The maximum Gasteiger partial charge on any atom is 0.573 e. The van der Waals surface area contributed by atoms with Crippen LogP contribution in [-0.4, -0.2) is 24.7 Å². The van der Waals surface area contributed by atoms with E-state index in [0.29, 0.717) is 17.1 Å². The van der Waals surface area contributed by atoms with Gasteiger partial charge in [-0.3, -0.25) is 9.59 Å². The van der Waals surface area contributed by atoms with Gasteiger partial charge in [-0.2, -0.15) is 0 Å². The number of benzene rings is 2. The van der Waals surface area contributed by atoms with Crippen LogP contribution in [0.2, 0.25) is 0 Å². The third-order valence-electron chi connectivity index (χ3n) is 3.44. The van der Waals surface area contributed by atoms with Crippen LogP contribution < -0.4 is 9.47 Å². The molecular formula is C21H23F3O5. The monoisotopic (exact) mass is 412 g/mol. The van der Waals surface area contributed by atoms with E-state index in [9.17, 15) is 22.8 Å². The first kappa shape index (κ1) is 24.0. The topological polar surface area (TPSA) is 61.8 Å². The fraction of sp³-hybridized carbons (Fsp3) is 0.333. The molecule has 0 saturated carbocycles. The van der Waals surface area contributed by atoms with Gasteiger partial charge in [0.05, 0.1) is 6.61 Å². The van der Waals surface area contributed by atoms with E-state index in [0.717, 1.165) is 12.1 Å². The molecule has 0 N–H and O–H groups in total. The first-order valence-corrected chi connectivity index (χ1v) is 9.00. The molecule has 0 aliphatic carbocycles. The minimum Gasteiger partial charge on any atom is -0.465 e. The van der Waals surface area contributed by atoms with Crippen LogP contribution in [0.3, 0.4) is 0 Å². The van der Waals surface area contributed by atoms with Crippen LogP contribution >= 0.6 is 0 Å². The molecule has 0 aliphatic heterocycles. The normalized spacial score (nSPS) is 11.6. The van der Waals surface area contributed by atoms with Crippen LogP contribution in [0.4, 0.5) is 13.2 Å². The van der Waals surface area contributed by atoms with E-state index in [1.807, 2.05) is 13.8 Å². The predicted octanol–water partition coefficient (Wildman–Crippen LogP) is 5.64. The van der Waals surface area contributed by atoms with E-state index in [-0.39, 0.29) is 18.1 Å².